The molecule has 0 aromatic carbocycles. The smallest absolute Gasteiger partial charge is 0.324 e. The van der Waals surface area contributed by atoms with Crippen LogP contribution in [0.5, 0.6) is 12.0 Å². The molecule has 0 aliphatic heterocycles. The molecule has 19 heavy (non-hydrogen) atoms. The zero-order valence-corrected chi connectivity index (χ0v) is 11.8. The second kappa shape index (κ2) is 9.32. The minimum Gasteiger partial charge on any atom is -0.463 e. The molecule has 0 bridgehead atoms. The fourth-order valence-corrected chi connectivity index (χ4v) is 1.21. The Kier molecular flexibility index (Phi) is 7.57. The van der Waals surface area contributed by atoms with Gasteiger partial charge in [0.1, 0.15) is 6.61 Å². The molecule has 0 radical (unpaired) electrons. The van der Waals surface area contributed by atoms with Crippen LogP contribution in [-0.4, -0.2) is 48.4 Å². The molecule has 7 heteroatoms. The first kappa shape index (κ1) is 15.4. The van der Waals surface area contributed by atoms with Gasteiger partial charge in [-0.15, -0.1) is 4.98 Å². The van der Waals surface area contributed by atoms with Gasteiger partial charge in [0.15, 0.2) is 0 Å². The standard InChI is InChI=1S/C12H22N4O3/c1-4-6-17-8-9-19-12-15-10(13-3)14-11(16-12)18-7-5-2/h4-9H2,1-3H3,(H,13,14,15,16). The van der Waals surface area contributed by atoms with Gasteiger partial charge in [-0.2, -0.15) is 9.97 Å². The van der Waals surface area contributed by atoms with Gasteiger partial charge in [-0.3, -0.25) is 0 Å². The number of nitrogens with one attached hydrogen (secondary N) is 1. The molecular formula is C12H22N4O3. The van der Waals surface area contributed by atoms with Crippen LogP contribution in [0.25, 0.3) is 0 Å². The summed E-state index contributed by atoms with van der Waals surface area (Å²) in [5.74, 6) is 0.422. The van der Waals surface area contributed by atoms with Crippen LogP contribution in [0.2, 0.25) is 0 Å². The molecule has 0 unspecified atom stereocenters. The lowest BCUT2D eigenvalue weighted by Gasteiger charge is -2.08. The maximum Gasteiger partial charge on any atom is 0.324 e. The Bertz CT molecular complexity index is 363. The van der Waals surface area contributed by atoms with Crippen molar-refractivity contribution in [1.29, 1.82) is 0 Å². The molecule has 0 atom stereocenters. The lowest BCUT2D eigenvalue weighted by molar-refractivity contribution is 0.0966. The van der Waals surface area contributed by atoms with Crippen molar-refractivity contribution in [1.82, 2.24) is 15.0 Å². The van der Waals surface area contributed by atoms with E-state index >= 15 is 0 Å². The summed E-state index contributed by atoms with van der Waals surface area (Å²) in [4.78, 5) is 12.2. The zero-order valence-electron chi connectivity index (χ0n) is 11.8. The maximum atomic E-state index is 5.41. The van der Waals surface area contributed by atoms with Gasteiger partial charge in [-0.05, 0) is 12.8 Å². The molecule has 1 aromatic rings. The van der Waals surface area contributed by atoms with Crippen LogP contribution >= 0.6 is 0 Å². The van der Waals surface area contributed by atoms with Crippen molar-refractivity contribution in [3.63, 3.8) is 0 Å². The first-order valence-corrected chi connectivity index (χ1v) is 6.57. The Morgan fingerprint density at radius 3 is 2.05 bits per heavy atom. The number of rotatable bonds is 10. The van der Waals surface area contributed by atoms with Crippen LogP contribution in [0, 0.1) is 0 Å². The number of hydrogen-bond acceptors (Lipinski definition) is 7. The molecule has 108 valence electrons. The van der Waals surface area contributed by atoms with Crippen LogP contribution in [0.1, 0.15) is 26.7 Å². The molecule has 1 heterocycles. The molecule has 0 aliphatic carbocycles. The van der Waals surface area contributed by atoms with Crippen LogP contribution in [0.3, 0.4) is 0 Å². The van der Waals surface area contributed by atoms with E-state index in [-0.39, 0.29) is 12.0 Å². The number of nitrogens with zero attached hydrogens (tertiary/aromatic N) is 3. The van der Waals surface area contributed by atoms with Crippen molar-refractivity contribution in [2.75, 3.05) is 38.8 Å². The minimum absolute atomic E-state index is 0.241. The SMILES string of the molecule is CCCOCCOc1nc(NC)nc(OCCC)n1. The molecule has 0 aliphatic rings. The van der Waals surface area contributed by atoms with E-state index in [9.17, 15) is 0 Å². The molecule has 0 spiro atoms. The Labute approximate surface area is 113 Å². The number of anilines is 1. The topological polar surface area (TPSA) is 78.4 Å². The highest BCUT2D eigenvalue weighted by Crippen LogP contribution is 2.12. The Hall–Kier alpha value is -1.63. The summed E-state index contributed by atoms with van der Waals surface area (Å²) in [5, 5.41) is 2.84. The van der Waals surface area contributed by atoms with E-state index in [1.54, 1.807) is 7.05 Å². The summed E-state index contributed by atoms with van der Waals surface area (Å²) in [7, 11) is 1.73. The average Bonchev–Trinajstić information content (AvgIpc) is 2.44. The second-order valence-corrected chi connectivity index (χ2v) is 3.78. The third-order valence-corrected chi connectivity index (χ3v) is 2.06. The van der Waals surface area contributed by atoms with E-state index in [0.29, 0.717) is 25.8 Å². The van der Waals surface area contributed by atoms with Crippen LogP contribution in [-0.2, 0) is 4.74 Å². The number of aromatic nitrogens is 3. The molecule has 0 saturated heterocycles. The molecule has 0 saturated carbocycles. The van der Waals surface area contributed by atoms with Crippen molar-refractivity contribution in [3.05, 3.63) is 0 Å². The van der Waals surface area contributed by atoms with E-state index in [4.69, 9.17) is 14.2 Å². The Morgan fingerprint density at radius 2 is 1.47 bits per heavy atom. The van der Waals surface area contributed by atoms with E-state index in [1.807, 2.05) is 6.92 Å². The molecule has 0 fully saturated rings. The quantitative estimate of drug-likeness (QED) is 0.645. The highest BCUT2D eigenvalue weighted by molar-refractivity contribution is 5.26. The van der Waals surface area contributed by atoms with Crippen LogP contribution in [0.4, 0.5) is 5.95 Å². The van der Waals surface area contributed by atoms with Crippen molar-refractivity contribution >= 4 is 5.95 Å². The van der Waals surface area contributed by atoms with E-state index in [0.717, 1.165) is 19.4 Å². The Balaban J connectivity index is 2.50. The monoisotopic (exact) mass is 270 g/mol. The molecule has 1 rings (SSSR count). The van der Waals surface area contributed by atoms with Crippen LogP contribution in [0.15, 0.2) is 0 Å². The van der Waals surface area contributed by atoms with E-state index < -0.39 is 0 Å². The van der Waals surface area contributed by atoms with Crippen LogP contribution < -0.4 is 14.8 Å². The molecule has 1 aromatic heterocycles. The minimum atomic E-state index is 0.241. The lowest BCUT2D eigenvalue weighted by atomic mass is 10.5. The van der Waals surface area contributed by atoms with Crippen molar-refractivity contribution in [2.45, 2.75) is 26.7 Å². The summed E-state index contributed by atoms with van der Waals surface area (Å²) in [6, 6.07) is 0.510. The predicted molar refractivity (Wildman–Crippen MR) is 71.8 cm³/mol. The van der Waals surface area contributed by atoms with Gasteiger partial charge in [0, 0.05) is 13.7 Å². The first-order chi connectivity index (χ1) is 9.30. The fourth-order valence-electron chi connectivity index (χ4n) is 1.21. The van der Waals surface area contributed by atoms with Gasteiger partial charge >= 0.3 is 12.0 Å². The first-order valence-electron chi connectivity index (χ1n) is 6.57. The van der Waals surface area contributed by atoms with E-state index in [2.05, 4.69) is 27.2 Å². The molecular weight excluding hydrogens is 248 g/mol. The second-order valence-electron chi connectivity index (χ2n) is 3.78. The third-order valence-electron chi connectivity index (χ3n) is 2.06. The summed E-state index contributed by atoms with van der Waals surface area (Å²) in [5.41, 5.74) is 0. The molecule has 7 nitrogen and oxygen atoms in total. The van der Waals surface area contributed by atoms with Crippen molar-refractivity contribution in [2.24, 2.45) is 0 Å². The van der Waals surface area contributed by atoms with Gasteiger partial charge in [0.05, 0.1) is 13.2 Å². The van der Waals surface area contributed by atoms with E-state index in [1.165, 1.54) is 0 Å². The van der Waals surface area contributed by atoms with Gasteiger partial charge in [0.2, 0.25) is 5.95 Å². The maximum absolute atomic E-state index is 5.41. The third kappa shape index (κ3) is 6.19. The Morgan fingerprint density at radius 1 is 0.842 bits per heavy atom. The van der Waals surface area contributed by atoms with Gasteiger partial charge in [-0.1, -0.05) is 13.8 Å². The highest BCUT2D eigenvalue weighted by Gasteiger charge is 2.07. The molecule has 0 amide bonds. The number of ether oxygens (including phenoxy) is 3. The fraction of sp³-hybridized carbons (Fsp3) is 0.750. The zero-order chi connectivity index (χ0) is 13.9. The van der Waals surface area contributed by atoms with Gasteiger partial charge in [-0.25, -0.2) is 0 Å². The summed E-state index contributed by atoms with van der Waals surface area (Å²) in [6.07, 6.45) is 1.88. The summed E-state index contributed by atoms with van der Waals surface area (Å²) >= 11 is 0. The average molecular weight is 270 g/mol. The largest absolute Gasteiger partial charge is 0.463 e. The summed E-state index contributed by atoms with van der Waals surface area (Å²) in [6.45, 7) is 6.28. The molecule has 1 N–H and O–H groups in total. The highest BCUT2D eigenvalue weighted by atomic mass is 16.5. The number of hydrogen-bond donors (Lipinski definition) is 1. The normalized spacial score (nSPS) is 10.3. The van der Waals surface area contributed by atoms with Gasteiger partial charge < -0.3 is 19.5 Å². The lowest BCUT2D eigenvalue weighted by Crippen LogP contribution is -2.11. The predicted octanol–water partition coefficient (Wildman–Crippen LogP) is 1.51. The van der Waals surface area contributed by atoms with Crippen molar-refractivity contribution < 1.29 is 14.2 Å². The van der Waals surface area contributed by atoms with Crippen molar-refractivity contribution in [3.8, 4) is 12.0 Å². The van der Waals surface area contributed by atoms with Gasteiger partial charge in [0.25, 0.3) is 0 Å². The summed E-state index contributed by atoms with van der Waals surface area (Å²) < 4.78 is 16.1.